The van der Waals surface area contributed by atoms with Crippen LogP contribution in [0.3, 0.4) is 0 Å². The third kappa shape index (κ3) is 4.82. The Kier molecular flexibility index (Phi) is 6.52. The van der Waals surface area contributed by atoms with Crippen molar-refractivity contribution in [3.63, 3.8) is 0 Å². The van der Waals surface area contributed by atoms with Crippen LogP contribution in [0.5, 0.6) is 0 Å². The maximum atomic E-state index is 13.0. The Bertz CT molecular complexity index is 625. The molecule has 2 aromatic rings. The van der Waals surface area contributed by atoms with Crippen LogP contribution in [0.4, 0.5) is 10.2 Å². The summed E-state index contributed by atoms with van der Waals surface area (Å²) < 4.78 is 14.6. The quantitative estimate of drug-likeness (QED) is 0.887. The molecule has 1 aromatic carbocycles. The van der Waals surface area contributed by atoms with Gasteiger partial charge in [-0.25, -0.2) is 9.07 Å². The number of carbonyl (C=O) groups is 1. The molecule has 1 atom stereocenters. The molecule has 0 saturated carbocycles. The first-order valence-electron chi connectivity index (χ1n) is 6.84. The van der Waals surface area contributed by atoms with Gasteiger partial charge in [-0.1, -0.05) is 0 Å². The van der Waals surface area contributed by atoms with Gasteiger partial charge in [-0.2, -0.15) is 5.10 Å². The van der Waals surface area contributed by atoms with Crippen LogP contribution in [0.2, 0.25) is 0 Å². The second kappa shape index (κ2) is 7.91. The number of aromatic nitrogens is 2. The summed E-state index contributed by atoms with van der Waals surface area (Å²) in [6.45, 7) is 3.69. The average molecular weight is 327 g/mol. The molecular weight excluding hydrogens is 307 g/mol. The molecule has 0 radical (unpaired) electrons. The van der Waals surface area contributed by atoms with Crippen molar-refractivity contribution in [1.82, 2.24) is 9.78 Å². The smallest absolute Gasteiger partial charge is 0.225 e. The molecule has 1 aromatic heterocycles. The lowest BCUT2D eigenvalue weighted by Crippen LogP contribution is -2.20. The number of nitrogens with zero attached hydrogens (tertiary/aromatic N) is 2. The predicted molar refractivity (Wildman–Crippen MR) is 87.0 cm³/mol. The molecule has 0 fully saturated rings. The minimum Gasteiger partial charge on any atom is -0.328 e. The van der Waals surface area contributed by atoms with E-state index in [1.54, 1.807) is 22.9 Å². The van der Waals surface area contributed by atoms with Crippen LogP contribution in [0.15, 0.2) is 30.3 Å². The molecule has 0 spiro atoms. The van der Waals surface area contributed by atoms with Crippen molar-refractivity contribution >= 4 is 24.1 Å². The van der Waals surface area contributed by atoms with E-state index in [0.29, 0.717) is 24.3 Å². The Morgan fingerprint density at radius 3 is 2.64 bits per heavy atom. The molecule has 5 nitrogen and oxygen atoms in total. The van der Waals surface area contributed by atoms with Crippen LogP contribution in [0.25, 0.3) is 5.69 Å². The number of aryl methyl sites for hydroxylation is 1. The number of hydrogen-bond acceptors (Lipinski definition) is 3. The third-order valence-corrected chi connectivity index (χ3v) is 3.00. The van der Waals surface area contributed by atoms with Gasteiger partial charge in [0.1, 0.15) is 11.6 Å². The van der Waals surface area contributed by atoms with E-state index in [0.717, 1.165) is 5.69 Å². The number of carbonyl (C=O) groups excluding carboxylic acids is 1. The van der Waals surface area contributed by atoms with Crippen LogP contribution >= 0.6 is 12.4 Å². The van der Waals surface area contributed by atoms with Gasteiger partial charge < -0.3 is 11.1 Å². The maximum Gasteiger partial charge on any atom is 0.225 e. The van der Waals surface area contributed by atoms with Crippen molar-refractivity contribution in [2.24, 2.45) is 5.73 Å². The van der Waals surface area contributed by atoms with E-state index in [2.05, 4.69) is 10.4 Å². The van der Waals surface area contributed by atoms with E-state index in [4.69, 9.17) is 5.73 Å². The van der Waals surface area contributed by atoms with Gasteiger partial charge in [-0.3, -0.25) is 4.79 Å². The van der Waals surface area contributed by atoms with Gasteiger partial charge in [0.2, 0.25) is 5.91 Å². The van der Waals surface area contributed by atoms with Crippen LogP contribution < -0.4 is 11.1 Å². The van der Waals surface area contributed by atoms with Crippen molar-refractivity contribution < 1.29 is 9.18 Å². The van der Waals surface area contributed by atoms with Crippen LogP contribution in [-0.2, 0) is 4.79 Å². The van der Waals surface area contributed by atoms with Crippen molar-refractivity contribution in [3.8, 4) is 5.69 Å². The van der Waals surface area contributed by atoms with E-state index in [-0.39, 0.29) is 30.2 Å². The lowest BCUT2D eigenvalue weighted by atomic mass is 10.2. The first kappa shape index (κ1) is 18.1. The van der Waals surface area contributed by atoms with Crippen LogP contribution in [-0.4, -0.2) is 21.7 Å². The average Bonchev–Trinajstić information content (AvgIpc) is 2.78. The lowest BCUT2D eigenvalue weighted by molar-refractivity contribution is -0.116. The molecule has 1 heterocycles. The number of rotatable bonds is 5. The summed E-state index contributed by atoms with van der Waals surface area (Å²) >= 11 is 0. The van der Waals surface area contributed by atoms with E-state index in [1.165, 1.54) is 12.1 Å². The van der Waals surface area contributed by atoms with E-state index in [9.17, 15) is 9.18 Å². The number of amides is 1. The molecule has 7 heteroatoms. The Morgan fingerprint density at radius 1 is 1.41 bits per heavy atom. The van der Waals surface area contributed by atoms with Gasteiger partial charge in [0.15, 0.2) is 0 Å². The van der Waals surface area contributed by atoms with Crippen molar-refractivity contribution in [2.75, 3.05) is 5.32 Å². The summed E-state index contributed by atoms with van der Waals surface area (Å²) in [5.41, 5.74) is 7.09. The summed E-state index contributed by atoms with van der Waals surface area (Å²) in [7, 11) is 0. The lowest BCUT2D eigenvalue weighted by Gasteiger charge is -2.09. The van der Waals surface area contributed by atoms with Gasteiger partial charge in [-0.05, 0) is 44.5 Å². The van der Waals surface area contributed by atoms with Gasteiger partial charge in [0.25, 0.3) is 0 Å². The second-order valence-corrected chi connectivity index (χ2v) is 5.12. The van der Waals surface area contributed by atoms with Gasteiger partial charge in [0, 0.05) is 18.5 Å². The van der Waals surface area contributed by atoms with Crippen molar-refractivity contribution in [2.45, 2.75) is 32.7 Å². The highest BCUT2D eigenvalue weighted by atomic mass is 35.5. The molecule has 3 N–H and O–H groups in total. The minimum absolute atomic E-state index is 0. The van der Waals surface area contributed by atoms with Gasteiger partial charge in [0.05, 0.1) is 11.4 Å². The molecule has 1 unspecified atom stereocenters. The summed E-state index contributed by atoms with van der Waals surface area (Å²) in [5, 5.41) is 7.13. The fourth-order valence-electron chi connectivity index (χ4n) is 1.93. The molecule has 0 saturated heterocycles. The number of nitrogens with one attached hydrogen (secondary N) is 1. The highest BCUT2D eigenvalue weighted by Gasteiger charge is 2.11. The summed E-state index contributed by atoms with van der Waals surface area (Å²) in [6, 6.07) is 7.69. The van der Waals surface area contributed by atoms with E-state index in [1.807, 2.05) is 13.8 Å². The maximum absolute atomic E-state index is 13.0. The normalized spacial score (nSPS) is 11.6. The third-order valence-electron chi connectivity index (χ3n) is 3.00. The highest BCUT2D eigenvalue weighted by Crippen LogP contribution is 2.18. The highest BCUT2D eigenvalue weighted by molar-refractivity contribution is 5.90. The number of halogens is 2. The molecule has 22 heavy (non-hydrogen) atoms. The van der Waals surface area contributed by atoms with Crippen LogP contribution in [0.1, 0.15) is 25.5 Å². The molecule has 0 bridgehead atoms. The molecule has 0 aliphatic carbocycles. The summed E-state index contributed by atoms with van der Waals surface area (Å²) in [6.07, 6.45) is 0.973. The SMILES string of the molecule is Cc1cc(NC(=O)CCC(C)N)n(-c2ccc(F)cc2)n1.Cl. The molecule has 1 amide bonds. The Labute approximate surface area is 135 Å². The fraction of sp³-hybridized carbons (Fsp3) is 0.333. The largest absolute Gasteiger partial charge is 0.328 e. The van der Waals surface area contributed by atoms with Crippen molar-refractivity contribution in [1.29, 1.82) is 0 Å². The van der Waals surface area contributed by atoms with Crippen molar-refractivity contribution in [3.05, 3.63) is 41.8 Å². The standard InChI is InChI=1S/C15H19FN4O.ClH/c1-10(17)3-8-15(21)18-14-9-11(2)19-20(14)13-6-4-12(16)5-7-13;/h4-7,9-10H,3,8,17H2,1-2H3,(H,18,21);1H. The molecule has 2 rings (SSSR count). The first-order valence-corrected chi connectivity index (χ1v) is 6.84. The number of nitrogens with two attached hydrogens (primary N) is 1. The van der Waals surface area contributed by atoms with E-state index >= 15 is 0 Å². The summed E-state index contributed by atoms with van der Waals surface area (Å²) in [5.74, 6) is 0.134. The molecule has 0 aliphatic rings. The summed E-state index contributed by atoms with van der Waals surface area (Å²) in [4.78, 5) is 11.9. The minimum atomic E-state index is -0.315. The fourth-order valence-corrected chi connectivity index (χ4v) is 1.93. The van der Waals surface area contributed by atoms with Gasteiger partial charge >= 0.3 is 0 Å². The first-order chi connectivity index (χ1) is 9.95. The zero-order chi connectivity index (χ0) is 15.4. The predicted octanol–water partition coefficient (Wildman–Crippen LogP) is 2.81. The Balaban J connectivity index is 0.00000242. The van der Waals surface area contributed by atoms with E-state index < -0.39 is 0 Å². The molecular formula is C15H20ClFN4O. The van der Waals surface area contributed by atoms with Crippen LogP contribution in [0, 0.1) is 12.7 Å². The monoisotopic (exact) mass is 326 g/mol. The zero-order valence-corrected chi connectivity index (χ0v) is 13.4. The van der Waals surface area contributed by atoms with Gasteiger partial charge in [-0.15, -0.1) is 12.4 Å². The molecule has 0 aliphatic heterocycles. The zero-order valence-electron chi connectivity index (χ0n) is 12.5. The Morgan fingerprint density at radius 2 is 2.05 bits per heavy atom. The molecule has 120 valence electrons. The number of hydrogen-bond donors (Lipinski definition) is 2. The Hall–Kier alpha value is -1.92. The number of anilines is 1. The second-order valence-electron chi connectivity index (χ2n) is 5.12. The number of benzene rings is 1. The topological polar surface area (TPSA) is 72.9 Å².